The number of nitrogens with one attached hydrogen (secondary N) is 3. The Morgan fingerprint density at radius 3 is 2.95 bits per heavy atom. The first-order valence-corrected chi connectivity index (χ1v) is 7.47. The van der Waals surface area contributed by atoms with Crippen molar-refractivity contribution in [2.75, 3.05) is 19.9 Å². The molecule has 2 rings (SSSR count). The maximum Gasteiger partial charge on any atom is 0.231 e. The zero-order valence-electron chi connectivity index (χ0n) is 12.8. The molecule has 5 N–H and O–H groups in total. The number of aliphatic imine (C=N–C) groups is 1. The summed E-state index contributed by atoms with van der Waals surface area (Å²) in [6.07, 6.45) is 2.89. The second kappa shape index (κ2) is 8.11. The van der Waals surface area contributed by atoms with Crippen LogP contribution in [0.25, 0.3) is 0 Å². The van der Waals surface area contributed by atoms with Crippen molar-refractivity contribution in [1.29, 1.82) is 5.41 Å². The van der Waals surface area contributed by atoms with Crippen LogP contribution in [0.15, 0.2) is 23.2 Å². The van der Waals surface area contributed by atoms with Crippen molar-refractivity contribution in [2.45, 2.75) is 26.2 Å². The number of nitrogens with zero attached hydrogens (tertiary/aromatic N) is 1. The SMILES string of the molecule is CCCC/N=C(\NCCc1ccc2c(c1)OCO2)NC(=N)N. The van der Waals surface area contributed by atoms with Gasteiger partial charge in [-0.15, -0.1) is 0 Å². The number of unbranched alkanes of at least 4 members (excludes halogenated alkanes) is 1. The summed E-state index contributed by atoms with van der Waals surface area (Å²) in [7, 11) is 0. The van der Waals surface area contributed by atoms with E-state index in [1.54, 1.807) is 0 Å². The summed E-state index contributed by atoms with van der Waals surface area (Å²) >= 11 is 0. The van der Waals surface area contributed by atoms with E-state index in [0.29, 0.717) is 19.0 Å². The summed E-state index contributed by atoms with van der Waals surface area (Å²) in [6.45, 7) is 3.79. The van der Waals surface area contributed by atoms with Gasteiger partial charge in [0.1, 0.15) is 0 Å². The quantitative estimate of drug-likeness (QED) is 0.359. The van der Waals surface area contributed by atoms with Crippen molar-refractivity contribution in [1.82, 2.24) is 10.6 Å². The Labute approximate surface area is 130 Å². The summed E-state index contributed by atoms with van der Waals surface area (Å²) in [5.41, 5.74) is 6.51. The van der Waals surface area contributed by atoms with Gasteiger partial charge < -0.3 is 20.5 Å². The molecule has 0 spiro atoms. The molecule has 0 amide bonds. The van der Waals surface area contributed by atoms with Crippen LogP contribution in [-0.4, -0.2) is 31.8 Å². The predicted octanol–water partition coefficient (Wildman–Crippen LogP) is 1.19. The first-order valence-electron chi connectivity index (χ1n) is 7.47. The lowest BCUT2D eigenvalue weighted by Crippen LogP contribution is -2.44. The van der Waals surface area contributed by atoms with Crippen molar-refractivity contribution >= 4 is 11.9 Å². The monoisotopic (exact) mass is 305 g/mol. The maximum absolute atomic E-state index is 7.30. The van der Waals surface area contributed by atoms with Crippen molar-refractivity contribution in [3.05, 3.63) is 23.8 Å². The van der Waals surface area contributed by atoms with E-state index in [1.165, 1.54) is 0 Å². The van der Waals surface area contributed by atoms with Crippen LogP contribution >= 0.6 is 0 Å². The number of nitrogens with two attached hydrogens (primary N) is 1. The highest BCUT2D eigenvalue weighted by molar-refractivity contribution is 5.96. The average molecular weight is 305 g/mol. The Morgan fingerprint density at radius 1 is 1.36 bits per heavy atom. The van der Waals surface area contributed by atoms with Gasteiger partial charge in [-0.1, -0.05) is 19.4 Å². The zero-order chi connectivity index (χ0) is 15.8. The van der Waals surface area contributed by atoms with Gasteiger partial charge >= 0.3 is 0 Å². The van der Waals surface area contributed by atoms with E-state index < -0.39 is 0 Å². The number of fused-ring (bicyclic) bond motifs is 1. The summed E-state index contributed by atoms with van der Waals surface area (Å²) in [6, 6.07) is 5.92. The highest BCUT2D eigenvalue weighted by atomic mass is 16.7. The normalized spacial score (nSPS) is 13.0. The number of ether oxygens (including phenoxy) is 2. The van der Waals surface area contributed by atoms with Gasteiger partial charge in [-0.05, 0) is 30.5 Å². The van der Waals surface area contributed by atoms with Gasteiger partial charge in [0.2, 0.25) is 6.79 Å². The van der Waals surface area contributed by atoms with Gasteiger partial charge in [-0.2, -0.15) is 0 Å². The van der Waals surface area contributed by atoms with E-state index in [-0.39, 0.29) is 12.8 Å². The smallest absolute Gasteiger partial charge is 0.231 e. The lowest BCUT2D eigenvalue weighted by atomic mass is 10.1. The minimum absolute atomic E-state index is 0.120. The Balaban J connectivity index is 1.84. The van der Waals surface area contributed by atoms with E-state index in [4.69, 9.17) is 20.6 Å². The van der Waals surface area contributed by atoms with Crippen LogP contribution in [0, 0.1) is 5.41 Å². The minimum Gasteiger partial charge on any atom is -0.454 e. The lowest BCUT2D eigenvalue weighted by molar-refractivity contribution is 0.174. The topological polar surface area (TPSA) is 105 Å². The van der Waals surface area contributed by atoms with E-state index >= 15 is 0 Å². The molecule has 0 atom stereocenters. The minimum atomic E-state index is -0.120. The number of benzene rings is 1. The van der Waals surface area contributed by atoms with Crippen molar-refractivity contribution < 1.29 is 9.47 Å². The molecule has 1 heterocycles. The highest BCUT2D eigenvalue weighted by Gasteiger charge is 2.12. The molecule has 1 aliphatic heterocycles. The molecule has 1 aromatic carbocycles. The first kappa shape index (κ1) is 15.9. The van der Waals surface area contributed by atoms with Gasteiger partial charge in [-0.25, -0.2) is 0 Å². The molecule has 0 saturated carbocycles. The molecule has 1 aromatic rings. The second-order valence-electron chi connectivity index (χ2n) is 4.99. The van der Waals surface area contributed by atoms with Gasteiger partial charge in [0, 0.05) is 13.1 Å². The third-order valence-electron chi connectivity index (χ3n) is 3.18. The summed E-state index contributed by atoms with van der Waals surface area (Å²) < 4.78 is 10.7. The molecule has 22 heavy (non-hydrogen) atoms. The van der Waals surface area contributed by atoms with E-state index in [9.17, 15) is 0 Å². The molecule has 0 unspecified atom stereocenters. The van der Waals surface area contributed by atoms with Gasteiger partial charge in [0.05, 0.1) is 0 Å². The Morgan fingerprint density at radius 2 is 2.18 bits per heavy atom. The van der Waals surface area contributed by atoms with Crippen LogP contribution in [-0.2, 0) is 6.42 Å². The van der Waals surface area contributed by atoms with Crippen LogP contribution in [0.5, 0.6) is 11.5 Å². The standard InChI is InChI=1S/C15H23N5O2/c1-2-3-7-18-15(20-14(16)17)19-8-6-11-4-5-12-13(9-11)22-10-21-12/h4-5,9H,2-3,6-8,10H2,1H3,(H5,16,17,18,19,20). The molecule has 7 nitrogen and oxygen atoms in total. The zero-order valence-corrected chi connectivity index (χ0v) is 12.8. The molecule has 0 fully saturated rings. The molecule has 0 bridgehead atoms. The highest BCUT2D eigenvalue weighted by Crippen LogP contribution is 2.32. The summed E-state index contributed by atoms with van der Waals surface area (Å²) in [4.78, 5) is 4.37. The third-order valence-corrected chi connectivity index (χ3v) is 3.18. The fourth-order valence-corrected chi connectivity index (χ4v) is 2.04. The van der Waals surface area contributed by atoms with Crippen molar-refractivity contribution in [2.24, 2.45) is 10.7 Å². The Hall–Kier alpha value is -2.44. The van der Waals surface area contributed by atoms with E-state index in [1.807, 2.05) is 18.2 Å². The summed E-state index contributed by atoms with van der Waals surface area (Å²) in [5, 5.41) is 13.2. The van der Waals surface area contributed by atoms with Crippen LogP contribution in [0.1, 0.15) is 25.3 Å². The fourth-order valence-electron chi connectivity index (χ4n) is 2.04. The molecule has 0 saturated heterocycles. The first-order chi connectivity index (χ1) is 10.7. The average Bonchev–Trinajstić information content (AvgIpc) is 2.94. The molecule has 0 radical (unpaired) electrons. The third kappa shape index (κ3) is 4.83. The summed E-state index contributed by atoms with van der Waals surface area (Å²) in [5.74, 6) is 2.00. The molecular formula is C15H23N5O2. The molecular weight excluding hydrogens is 282 g/mol. The number of rotatable bonds is 6. The van der Waals surface area contributed by atoms with Gasteiger partial charge in [-0.3, -0.25) is 15.7 Å². The largest absolute Gasteiger partial charge is 0.454 e. The van der Waals surface area contributed by atoms with Crippen molar-refractivity contribution in [3.63, 3.8) is 0 Å². The van der Waals surface area contributed by atoms with Gasteiger partial charge in [0.25, 0.3) is 0 Å². The predicted molar refractivity (Wildman–Crippen MR) is 86.5 cm³/mol. The van der Waals surface area contributed by atoms with E-state index in [2.05, 4.69) is 22.5 Å². The molecule has 7 heteroatoms. The molecule has 0 aliphatic carbocycles. The van der Waals surface area contributed by atoms with E-state index in [0.717, 1.165) is 36.3 Å². The van der Waals surface area contributed by atoms with Crippen LogP contribution in [0.4, 0.5) is 0 Å². The Bertz CT molecular complexity index is 545. The number of hydrogen-bond acceptors (Lipinski definition) is 4. The molecule has 1 aliphatic rings. The number of hydrogen-bond donors (Lipinski definition) is 4. The number of guanidine groups is 2. The lowest BCUT2D eigenvalue weighted by Gasteiger charge is -2.11. The van der Waals surface area contributed by atoms with Crippen LogP contribution in [0.2, 0.25) is 0 Å². The van der Waals surface area contributed by atoms with Crippen LogP contribution in [0.3, 0.4) is 0 Å². The fraction of sp³-hybridized carbons (Fsp3) is 0.467. The van der Waals surface area contributed by atoms with Gasteiger partial charge in [0.15, 0.2) is 23.4 Å². The van der Waals surface area contributed by atoms with Crippen LogP contribution < -0.4 is 25.8 Å². The maximum atomic E-state index is 7.30. The molecule has 0 aromatic heterocycles. The van der Waals surface area contributed by atoms with Crippen molar-refractivity contribution in [3.8, 4) is 11.5 Å². The second-order valence-corrected chi connectivity index (χ2v) is 4.99. The molecule has 120 valence electrons. The Kier molecular flexibility index (Phi) is 5.88.